The maximum atomic E-state index is 12.9. The number of rotatable bonds is 4. The molecule has 0 aromatic heterocycles. The third-order valence-electron chi connectivity index (χ3n) is 2.85. The highest BCUT2D eigenvalue weighted by molar-refractivity contribution is 5.20. The molecule has 1 aliphatic rings. The van der Waals surface area contributed by atoms with Crippen molar-refractivity contribution in [3.05, 3.63) is 35.4 Å². The molecule has 0 bridgehead atoms. The van der Waals surface area contributed by atoms with E-state index in [-0.39, 0.29) is 6.04 Å². The molecule has 1 fully saturated rings. The quantitative estimate of drug-likeness (QED) is 0.807. The number of hydrogen-bond donors (Lipinski definition) is 1. The maximum absolute atomic E-state index is 12.9. The van der Waals surface area contributed by atoms with Crippen LogP contribution in [0.1, 0.15) is 31.4 Å². The molecule has 15 heavy (non-hydrogen) atoms. The summed E-state index contributed by atoms with van der Waals surface area (Å²) in [4.78, 5) is 0. The number of halogens is 2. The molecule has 0 unspecified atom stereocenters. The molecule has 1 nitrogen and oxygen atoms in total. The van der Waals surface area contributed by atoms with E-state index in [2.05, 4.69) is 5.32 Å². The average Bonchev–Trinajstić information content (AvgIpc) is 3.02. The van der Waals surface area contributed by atoms with E-state index in [0.29, 0.717) is 0 Å². The van der Waals surface area contributed by atoms with Crippen molar-refractivity contribution in [2.45, 2.75) is 25.8 Å². The third kappa shape index (κ3) is 2.75. The summed E-state index contributed by atoms with van der Waals surface area (Å²) >= 11 is 0. The summed E-state index contributed by atoms with van der Waals surface area (Å²) in [6, 6.07) is 4.16. The van der Waals surface area contributed by atoms with Gasteiger partial charge in [0.1, 0.15) is 0 Å². The van der Waals surface area contributed by atoms with Crippen LogP contribution in [0, 0.1) is 17.6 Å². The fourth-order valence-corrected chi connectivity index (χ4v) is 1.56. The molecule has 0 saturated heterocycles. The van der Waals surface area contributed by atoms with Crippen LogP contribution in [0.2, 0.25) is 0 Å². The van der Waals surface area contributed by atoms with Gasteiger partial charge in [0.15, 0.2) is 11.6 Å². The Hall–Kier alpha value is -0.960. The van der Waals surface area contributed by atoms with Crippen LogP contribution in [-0.4, -0.2) is 6.54 Å². The van der Waals surface area contributed by atoms with E-state index in [4.69, 9.17) is 0 Å². The largest absolute Gasteiger partial charge is 0.310 e. The van der Waals surface area contributed by atoms with E-state index in [1.807, 2.05) is 6.92 Å². The second kappa shape index (κ2) is 4.27. The molecule has 2 rings (SSSR count). The van der Waals surface area contributed by atoms with Crippen molar-refractivity contribution < 1.29 is 8.78 Å². The SMILES string of the molecule is C[C@@H](NCC1CC1)c1ccc(F)c(F)c1. The molecule has 0 heterocycles. The van der Waals surface area contributed by atoms with Crippen LogP contribution >= 0.6 is 0 Å². The van der Waals surface area contributed by atoms with Crippen LogP contribution in [0.3, 0.4) is 0 Å². The normalized spacial score (nSPS) is 17.8. The third-order valence-corrected chi connectivity index (χ3v) is 2.85. The Kier molecular flexibility index (Phi) is 3.00. The summed E-state index contributed by atoms with van der Waals surface area (Å²) in [5, 5.41) is 3.32. The lowest BCUT2D eigenvalue weighted by Gasteiger charge is -2.13. The van der Waals surface area contributed by atoms with Crippen LogP contribution in [-0.2, 0) is 0 Å². The van der Waals surface area contributed by atoms with Crippen molar-refractivity contribution in [3.63, 3.8) is 0 Å². The summed E-state index contributed by atoms with van der Waals surface area (Å²) in [7, 11) is 0. The predicted molar refractivity (Wildman–Crippen MR) is 55.5 cm³/mol. The molecule has 0 spiro atoms. The summed E-state index contributed by atoms with van der Waals surface area (Å²) in [6.45, 7) is 2.94. The molecule has 1 atom stereocenters. The van der Waals surface area contributed by atoms with Crippen molar-refractivity contribution in [2.75, 3.05) is 6.54 Å². The molecule has 0 amide bonds. The van der Waals surface area contributed by atoms with Crippen LogP contribution in [0.25, 0.3) is 0 Å². The van der Waals surface area contributed by atoms with Gasteiger partial charge in [-0.05, 0) is 49.9 Å². The lowest BCUT2D eigenvalue weighted by atomic mass is 10.1. The van der Waals surface area contributed by atoms with Gasteiger partial charge in [-0.25, -0.2) is 8.78 Å². The highest BCUT2D eigenvalue weighted by Gasteiger charge is 2.21. The van der Waals surface area contributed by atoms with Crippen molar-refractivity contribution in [3.8, 4) is 0 Å². The van der Waals surface area contributed by atoms with Crippen LogP contribution in [0.4, 0.5) is 8.78 Å². The van der Waals surface area contributed by atoms with Crippen molar-refractivity contribution in [1.82, 2.24) is 5.32 Å². The van der Waals surface area contributed by atoms with E-state index in [0.717, 1.165) is 18.0 Å². The highest BCUT2D eigenvalue weighted by Crippen LogP contribution is 2.28. The number of benzene rings is 1. The minimum absolute atomic E-state index is 0.0840. The fraction of sp³-hybridized carbons (Fsp3) is 0.500. The van der Waals surface area contributed by atoms with Crippen molar-refractivity contribution in [2.24, 2.45) is 5.92 Å². The molecular weight excluding hydrogens is 196 g/mol. The van der Waals surface area contributed by atoms with Gasteiger partial charge >= 0.3 is 0 Å². The first-order valence-electron chi connectivity index (χ1n) is 5.35. The van der Waals surface area contributed by atoms with Crippen molar-refractivity contribution in [1.29, 1.82) is 0 Å². The van der Waals surface area contributed by atoms with Crippen LogP contribution < -0.4 is 5.32 Å². The van der Waals surface area contributed by atoms with Gasteiger partial charge in [0.2, 0.25) is 0 Å². The first kappa shape index (κ1) is 10.6. The predicted octanol–water partition coefficient (Wildman–Crippen LogP) is 3.03. The lowest BCUT2D eigenvalue weighted by Crippen LogP contribution is -2.21. The van der Waals surface area contributed by atoms with Crippen LogP contribution in [0.5, 0.6) is 0 Å². The summed E-state index contributed by atoms with van der Waals surface area (Å²) in [5.74, 6) is -0.765. The van der Waals surface area contributed by atoms with E-state index in [1.54, 1.807) is 6.07 Å². The molecule has 82 valence electrons. The highest BCUT2D eigenvalue weighted by atomic mass is 19.2. The van der Waals surface area contributed by atoms with Crippen LogP contribution in [0.15, 0.2) is 18.2 Å². The number of nitrogens with one attached hydrogen (secondary N) is 1. The Labute approximate surface area is 88.5 Å². The van der Waals surface area contributed by atoms with E-state index < -0.39 is 11.6 Å². The zero-order chi connectivity index (χ0) is 10.8. The number of hydrogen-bond acceptors (Lipinski definition) is 1. The summed E-state index contributed by atoms with van der Waals surface area (Å²) in [5.41, 5.74) is 0.801. The molecular formula is C12H15F2N. The maximum Gasteiger partial charge on any atom is 0.159 e. The second-order valence-corrected chi connectivity index (χ2v) is 4.25. The Morgan fingerprint density at radius 2 is 2.07 bits per heavy atom. The molecule has 1 aromatic carbocycles. The molecule has 1 N–H and O–H groups in total. The minimum atomic E-state index is -0.784. The summed E-state index contributed by atoms with van der Waals surface area (Å²) < 4.78 is 25.6. The molecule has 3 heteroatoms. The Bertz CT molecular complexity index is 347. The van der Waals surface area contributed by atoms with Gasteiger partial charge in [-0.1, -0.05) is 6.07 Å². The lowest BCUT2D eigenvalue weighted by molar-refractivity contribution is 0.498. The van der Waals surface area contributed by atoms with Gasteiger partial charge in [-0.3, -0.25) is 0 Å². The van der Waals surface area contributed by atoms with Crippen molar-refractivity contribution >= 4 is 0 Å². The Morgan fingerprint density at radius 1 is 1.33 bits per heavy atom. The topological polar surface area (TPSA) is 12.0 Å². The molecule has 0 radical (unpaired) electrons. The van der Waals surface area contributed by atoms with Gasteiger partial charge in [-0.2, -0.15) is 0 Å². The molecule has 1 aromatic rings. The first-order valence-corrected chi connectivity index (χ1v) is 5.35. The monoisotopic (exact) mass is 211 g/mol. The smallest absolute Gasteiger partial charge is 0.159 e. The first-order chi connectivity index (χ1) is 7.16. The fourth-order valence-electron chi connectivity index (χ4n) is 1.56. The van der Waals surface area contributed by atoms with E-state index in [1.165, 1.54) is 25.0 Å². The van der Waals surface area contributed by atoms with Gasteiger partial charge < -0.3 is 5.32 Å². The van der Waals surface area contributed by atoms with Gasteiger partial charge in [-0.15, -0.1) is 0 Å². The van der Waals surface area contributed by atoms with Gasteiger partial charge in [0, 0.05) is 6.04 Å². The molecule has 1 aliphatic carbocycles. The van der Waals surface area contributed by atoms with E-state index >= 15 is 0 Å². The van der Waals surface area contributed by atoms with Gasteiger partial charge in [0.25, 0.3) is 0 Å². The average molecular weight is 211 g/mol. The molecule has 1 saturated carbocycles. The minimum Gasteiger partial charge on any atom is -0.310 e. The Morgan fingerprint density at radius 3 is 2.67 bits per heavy atom. The standard InChI is InChI=1S/C12H15F2N/c1-8(15-7-9-2-3-9)10-4-5-11(13)12(14)6-10/h4-6,8-9,15H,2-3,7H2,1H3/t8-/m1/s1. The molecule has 0 aliphatic heterocycles. The summed E-state index contributed by atoms with van der Waals surface area (Å²) in [6.07, 6.45) is 2.58. The zero-order valence-corrected chi connectivity index (χ0v) is 8.76. The Balaban J connectivity index is 1.97. The van der Waals surface area contributed by atoms with Gasteiger partial charge in [0.05, 0.1) is 0 Å². The van der Waals surface area contributed by atoms with E-state index in [9.17, 15) is 8.78 Å². The zero-order valence-electron chi connectivity index (χ0n) is 8.76. The second-order valence-electron chi connectivity index (χ2n) is 4.25.